The Kier molecular flexibility index (Phi) is 6.21. The Hall–Kier alpha value is -2.28. The largest absolute Gasteiger partial charge is 0.496 e. The highest BCUT2D eigenvalue weighted by Gasteiger charge is 2.40. The maximum atomic E-state index is 12.2. The Morgan fingerprint density at radius 3 is 2.67 bits per heavy atom. The van der Waals surface area contributed by atoms with E-state index in [-0.39, 0.29) is 11.5 Å². The molecule has 2 saturated carbocycles. The molecule has 0 radical (unpaired) electrons. The van der Waals surface area contributed by atoms with E-state index in [1.54, 1.807) is 12.1 Å². The van der Waals surface area contributed by atoms with Crippen molar-refractivity contribution in [1.29, 1.82) is 0 Å². The molecule has 0 heterocycles. The van der Waals surface area contributed by atoms with E-state index in [4.69, 9.17) is 21.1 Å². The van der Waals surface area contributed by atoms with Crippen molar-refractivity contribution in [3.63, 3.8) is 0 Å². The lowest BCUT2D eigenvalue weighted by atomic mass is 9.86. The van der Waals surface area contributed by atoms with Crippen molar-refractivity contribution in [1.82, 2.24) is 10.9 Å². The molecule has 2 aliphatic carbocycles. The van der Waals surface area contributed by atoms with E-state index in [0.717, 1.165) is 12.3 Å². The third-order valence-electron chi connectivity index (χ3n) is 5.40. The number of halogens is 1. The van der Waals surface area contributed by atoms with Gasteiger partial charge in [-0.2, -0.15) is 0 Å². The summed E-state index contributed by atoms with van der Waals surface area (Å²) >= 11 is 5.88. The standard InChI is InChI=1S/C19H23ClN2O5/c1-26-16-5-4-14(20)9-15(16)19(25)22-21-17(23)10-27-18(24)8-13-7-11-2-3-12(13)6-11/h4-5,9,11-13H,2-3,6-8,10H2,1H3,(H,21,23)(H,22,25)/t11-,12+,13-/m0/s1. The number of carbonyl (C=O) groups excluding carboxylic acids is 3. The normalized spacial score (nSPS) is 23.0. The number of fused-ring (bicyclic) bond motifs is 2. The number of benzene rings is 1. The van der Waals surface area contributed by atoms with Crippen LogP contribution in [0.1, 0.15) is 42.5 Å². The van der Waals surface area contributed by atoms with E-state index < -0.39 is 18.4 Å². The fraction of sp³-hybridized carbons (Fsp3) is 0.526. The summed E-state index contributed by atoms with van der Waals surface area (Å²) in [7, 11) is 1.42. The van der Waals surface area contributed by atoms with Crippen LogP contribution in [-0.4, -0.2) is 31.5 Å². The fourth-order valence-corrected chi connectivity index (χ4v) is 4.31. The lowest BCUT2D eigenvalue weighted by molar-refractivity contribution is -0.150. The summed E-state index contributed by atoms with van der Waals surface area (Å²) in [4.78, 5) is 35.9. The zero-order valence-electron chi connectivity index (χ0n) is 15.1. The molecule has 2 amide bonds. The number of hydrogen-bond acceptors (Lipinski definition) is 5. The number of hydrazine groups is 1. The maximum absolute atomic E-state index is 12.2. The molecule has 146 valence electrons. The maximum Gasteiger partial charge on any atom is 0.306 e. The Morgan fingerprint density at radius 2 is 2.00 bits per heavy atom. The van der Waals surface area contributed by atoms with Crippen LogP contribution in [-0.2, 0) is 14.3 Å². The van der Waals surface area contributed by atoms with Crippen LogP contribution in [0, 0.1) is 17.8 Å². The molecule has 2 fully saturated rings. The fourth-order valence-electron chi connectivity index (χ4n) is 4.13. The Labute approximate surface area is 162 Å². The van der Waals surface area contributed by atoms with E-state index >= 15 is 0 Å². The summed E-state index contributed by atoms with van der Waals surface area (Å²) in [5.74, 6) is 0.517. The third kappa shape index (κ3) is 4.91. The number of rotatable bonds is 6. The second-order valence-electron chi connectivity index (χ2n) is 7.15. The van der Waals surface area contributed by atoms with E-state index in [0.29, 0.717) is 29.0 Å². The molecule has 3 rings (SSSR count). The molecule has 3 atom stereocenters. The van der Waals surface area contributed by atoms with Crippen molar-refractivity contribution in [3.8, 4) is 5.75 Å². The quantitative estimate of drug-likeness (QED) is 0.571. The molecular formula is C19H23ClN2O5. The molecule has 0 saturated heterocycles. The van der Waals surface area contributed by atoms with Crippen LogP contribution in [0.3, 0.4) is 0 Å². The zero-order chi connectivity index (χ0) is 19.4. The van der Waals surface area contributed by atoms with E-state index in [1.807, 2.05) is 0 Å². The molecule has 1 aromatic carbocycles. The number of methoxy groups -OCH3 is 1. The molecule has 2 N–H and O–H groups in total. The molecule has 0 unspecified atom stereocenters. The number of ether oxygens (including phenoxy) is 2. The van der Waals surface area contributed by atoms with Gasteiger partial charge in [0.15, 0.2) is 6.61 Å². The lowest BCUT2D eigenvalue weighted by Gasteiger charge is -2.20. The van der Waals surface area contributed by atoms with Gasteiger partial charge in [-0.25, -0.2) is 0 Å². The summed E-state index contributed by atoms with van der Waals surface area (Å²) in [5.41, 5.74) is 4.64. The van der Waals surface area contributed by atoms with Crippen LogP contribution >= 0.6 is 11.6 Å². The van der Waals surface area contributed by atoms with Crippen molar-refractivity contribution in [2.45, 2.75) is 32.1 Å². The number of esters is 1. The van der Waals surface area contributed by atoms with Gasteiger partial charge < -0.3 is 9.47 Å². The molecule has 7 nitrogen and oxygen atoms in total. The van der Waals surface area contributed by atoms with Crippen molar-refractivity contribution >= 4 is 29.4 Å². The Morgan fingerprint density at radius 1 is 1.19 bits per heavy atom. The number of nitrogens with one attached hydrogen (secondary N) is 2. The van der Waals surface area contributed by atoms with Crippen LogP contribution in [0.5, 0.6) is 5.75 Å². The van der Waals surface area contributed by atoms with Gasteiger partial charge in [-0.15, -0.1) is 0 Å². The van der Waals surface area contributed by atoms with Crippen LogP contribution in [0.2, 0.25) is 5.02 Å². The van der Waals surface area contributed by atoms with Crippen molar-refractivity contribution in [2.75, 3.05) is 13.7 Å². The second-order valence-corrected chi connectivity index (χ2v) is 7.58. The first-order chi connectivity index (χ1) is 13.0. The van der Waals surface area contributed by atoms with Gasteiger partial charge >= 0.3 is 5.97 Å². The first kappa shape index (κ1) is 19.5. The summed E-state index contributed by atoms with van der Waals surface area (Å²) in [6.07, 6.45) is 5.14. The van der Waals surface area contributed by atoms with E-state index in [1.165, 1.54) is 32.4 Å². The van der Waals surface area contributed by atoms with E-state index in [9.17, 15) is 14.4 Å². The molecule has 1 aromatic rings. The third-order valence-corrected chi connectivity index (χ3v) is 5.63. The van der Waals surface area contributed by atoms with Gasteiger partial charge in [0.05, 0.1) is 12.7 Å². The highest BCUT2D eigenvalue weighted by molar-refractivity contribution is 6.31. The van der Waals surface area contributed by atoms with Crippen molar-refractivity contribution in [3.05, 3.63) is 28.8 Å². The molecule has 2 bridgehead atoms. The van der Waals surface area contributed by atoms with Crippen LogP contribution in [0.25, 0.3) is 0 Å². The molecule has 0 spiro atoms. The minimum atomic E-state index is -0.620. The number of hydrogen-bond donors (Lipinski definition) is 2. The molecule has 27 heavy (non-hydrogen) atoms. The average Bonchev–Trinajstić information content (AvgIpc) is 3.27. The first-order valence-electron chi connectivity index (χ1n) is 9.04. The van der Waals surface area contributed by atoms with Gasteiger partial charge in [-0.05, 0) is 55.2 Å². The van der Waals surface area contributed by atoms with Gasteiger partial charge in [0.1, 0.15) is 5.75 Å². The zero-order valence-corrected chi connectivity index (χ0v) is 15.9. The predicted molar refractivity (Wildman–Crippen MR) is 98.1 cm³/mol. The molecular weight excluding hydrogens is 372 g/mol. The Bertz CT molecular complexity index is 739. The van der Waals surface area contributed by atoms with Crippen molar-refractivity contribution < 1.29 is 23.9 Å². The molecule has 0 aromatic heterocycles. The summed E-state index contributed by atoms with van der Waals surface area (Å²) in [6, 6.07) is 4.57. The molecule has 0 aliphatic heterocycles. The highest BCUT2D eigenvalue weighted by Crippen LogP contribution is 2.49. The van der Waals surface area contributed by atoms with Gasteiger partial charge in [-0.3, -0.25) is 25.2 Å². The number of amides is 2. The SMILES string of the molecule is COc1ccc(Cl)cc1C(=O)NNC(=O)COC(=O)C[C@@H]1C[C@H]2CC[C@@H]1C2. The summed E-state index contributed by atoms with van der Waals surface area (Å²) in [6.45, 7) is -0.438. The van der Waals surface area contributed by atoms with Crippen molar-refractivity contribution in [2.24, 2.45) is 17.8 Å². The van der Waals surface area contributed by atoms with Gasteiger partial charge in [-0.1, -0.05) is 18.0 Å². The first-order valence-corrected chi connectivity index (χ1v) is 9.42. The van der Waals surface area contributed by atoms with Gasteiger partial charge in [0.2, 0.25) is 0 Å². The topological polar surface area (TPSA) is 93.7 Å². The van der Waals surface area contributed by atoms with Crippen LogP contribution in [0.15, 0.2) is 18.2 Å². The minimum absolute atomic E-state index is 0.179. The summed E-state index contributed by atoms with van der Waals surface area (Å²) < 4.78 is 10.1. The Balaban J connectivity index is 1.40. The lowest BCUT2D eigenvalue weighted by Crippen LogP contribution is -2.43. The summed E-state index contributed by atoms with van der Waals surface area (Å²) in [5, 5.41) is 0.363. The smallest absolute Gasteiger partial charge is 0.306 e. The monoisotopic (exact) mass is 394 g/mol. The number of carbonyl (C=O) groups is 3. The second kappa shape index (κ2) is 8.61. The van der Waals surface area contributed by atoms with Gasteiger partial charge in [0, 0.05) is 11.4 Å². The van der Waals surface area contributed by atoms with E-state index in [2.05, 4.69) is 10.9 Å². The minimum Gasteiger partial charge on any atom is -0.496 e. The van der Waals surface area contributed by atoms with Crippen LogP contribution in [0.4, 0.5) is 0 Å². The predicted octanol–water partition coefficient (Wildman–Crippen LogP) is 2.48. The highest BCUT2D eigenvalue weighted by atomic mass is 35.5. The van der Waals surface area contributed by atoms with Gasteiger partial charge in [0.25, 0.3) is 11.8 Å². The average molecular weight is 395 g/mol. The molecule has 2 aliphatic rings. The van der Waals surface area contributed by atoms with Crippen LogP contribution < -0.4 is 15.6 Å². The molecule has 8 heteroatoms.